The molecule has 2 unspecified atom stereocenters. The maximum atomic E-state index is 5.20. The summed E-state index contributed by atoms with van der Waals surface area (Å²) in [6.45, 7) is 2.21. The molecular weight excluding hydrogens is 268 g/mol. The third kappa shape index (κ3) is 3.74. The fourth-order valence-corrected chi connectivity index (χ4v) is 3.25. The second-order valence-corrected chi connectivity index (χ2v) is 5.93. The number of ether oxygens (including phenoxy) is 1. The van der Waals surface area contributed by atoms with Crippen molar-refractivity contribution in [3.8, 4) is 5.75 Å². The Bertz CT molecular complexity index is 516. The van der Waals surface area contributed by atoms with E-state index in [-0.39, 0.29) is 6.04 Å². The zero-order valence-electron chi connectivity index (χ0n) is 12.0. The Morgan fingerprint density at radius 1 is 1.15 bits per heavy atom. The van der Waals surface area contributed by atoms with Crippen molar-refractivity contribution in [2.45, 2.75) is 23.2 Å². The summed E-state index contributed by atoms with van der Waals surface area (Å²) < 4.78 is 5.20. The number of nitrogens with zero attached hydrogens (tertiary/aromatic N) is 1. The highest BCUT2D eigenvalue weighted by molar-refractivity contribution is 7.99. The molecule has 2 rings (SSSR count). The molecule has 3 nitrogen and oxygen atoms in total. The largest absolute Gasteiger partial charge is 0.497 e. The van der Waals surface area contributed by atoms with E-state index in [0.29, 0.717) is 5.25 Å². The van der Waals surface area contributed by atoms with Crippen molar-refractivity contribution < 1.29 is 4.74 Å². The molecule has 1 aromatic carbocycles. The Hall–Kier alpha value is -1.52. The second-order valence-electron chi connectivity index (χ2n) is 4.53. The van der Waals surface area contributed by atoms with Crippen LogP contribution in [-0.2, 0) is 0 Å². The van der Waals surface area contributed by atoms with Crippen molar-refractivity contribution in [1.29, 1.82) is 0 Å². The summed E-state index contributed by atoms with van der Waals surface area (Å²) in [5.74, 6) is 0.883. The van der Waals surface area contributed by atoms with Crippen LogP contribution in [0.5, 0.6) is 5.75 Å². The van der Waals surface area contributed by atoms with E-state index in [9.17, 15) is 0 Å². The molecule has 0 aliphatic rings. The lowest BCUT2D eigenvalue weighted by atomic mass is 10.0. The first-order chi connectivity index (χ1) is 9.74. The van der Waals surface area contributed by atoms with Gasteiger partial charge in [-0.25, -0.2) is 4.98 Å². The van der Waals surface area contributed by atoms with Gasteiger partial charge in [0.05, 0.1) is 12.1 Å². The van der Waals surface area contributed by atoms with Gasteiger partial charge in [-0.15, -0.1) is 11.8 Å². The molecule has 4 heteroatoms. The Morgan fingerprint density at radius 3 is 2.45 bits per heavy atom. The number of nitrogens with one attached hydrogen (secondary N) is 1. The van der Waals surface area contributed by atoms with E-state index in [1.807, 2.05) is 43.6 Å². The van der Waals surface area contributed by atoms with Crippen LogP contribution in [0.1, 0.15) is 18.5 Å². The number of thioether (sulfide) groups is 1. The molecule has 0 aliphatic carbocycles. The lowest BCUT2D eigenvalue weighted by molar-refractivity contribution is 0.414. The van der Waals surface area contributed by atoms with Crippen molar-refractivity contribution in [1.82, 2.24) is 10.3 Å². The molecule has 0 radical (unpaired) electrons. The van der Waals surface area contributed by atoms with Crippen LogP contribution in [0.4, 0.5) is 0 Å². The lowest BCUT2D eigenvalue weighted by Crippen LogP contribution is -2.25. The summed E-state index contributed by atoms with van der Waals surface area (Å²) in [5, 5.41) is 4.81. The Balaban J connectivity index is 2.10. The highest BCUT2D eigenvalue weighted by atomic mass is 32.2. The molecule has 2 atom stereocenters. The minimum absolute atomic E-state index is 0.271. The van der Waals surface area contributed by atoms with E-state index < -0.39 is 0 Å². The summed E-state index contributed by atoms with van der Waals surface area (Å²) in [6, 6.07) is 14.5. The topological polar surface area (TPSA) is 34.1 Å². The van der Waals surface area contributed by atoms with E-state index in [1.54, 1.807) is 18.9 Å². The second kappa shape index (κ2) is 7.31. The van der Waals surface area contributed by atoms with Crippen LogP contribution in [0, 0.1) is 0 Å². The third-order valence-electron chi connectivity index (χ3n) is 3.20. The number of methoxy groups -OCH3 is 1. The van der Waals surface area contributed by atoms with E-state index >= 15 is 0 Å². The summed E-state index contributed by atoms with van der Waals surface area (Å²) in [7, 11) is 3.68. The van der Waals surface area contributed by atoms with E-state index in [4.69, 9.17) is 4.74 Å². The quantitative estimate of drug-likeness (QED) is 0.825. The fourth-order valence-electron chi connectivity index (χ4n) is 2.16. The fraction of sp³-hybridized carbons (Fsp3) is 0.312. The van der Waals surface area contributed by atoms with E-state index in [2.05, 4.69) is 29.4 Å². The molecular formula is C16H20N2OS. The van der Waals surface area contributed by atoms with Crippen molar-refractivity contribution in [2.75, 3.05) is 14.2 Å². The van der Waals surface area contributed by atoms with Crippen LogP contribution in [0.15, 0.2) is 53.7 Å². The molecule has 2 aromatic rings. The van der Waals surface area contributed by atoms with Crippen LogP contribution in [-0.4, -0.2) is 24.4 Å². The van der Waals surface area contributed by atoms with Gasteiger partial charge in [0.25, 0.3) is 0 Å². The Morgan fingerprint density at radius 2 is 1.90 bits per heavy atom. The highest BCUT2D eigenvalue weighted by Gasteiger charge is 2.19. The van der Waals surface area contributed by atoms with Gasteiger partial charge in [0.15, 0.2) is 0 Å². The first kappa shape index (κ1) is 14.9. The van der Waals surface area contributed by atoms with Gasteiger partial charge in [-0.05, 0) is 36.9 Å². The predicted octanol–water partition coefficient (Wildman–Crippen LogP) is 3.53. The number of benzene rings is 1. The van der Waals surface area contributed by atoms with Crippen LogP contribution >= 0.6 is 11.8 Å². The first-order valence-electron chi connectivity index (χ1n) is 6.63. The first-order valence-corrected chi connectivity index (χ1v) is 7.51. The van der Waals surface area contributed by atoms with Gasteiger partial charge in [0.2, 0.25) is 0 Å². The monoisotopic (exact) mass is 288 g/mol. The number of rotatable bonds is 6. The van der Waals surface area contributed by atoms with Gasteiger partial charge in [0, 0.05) is 17.5 Å². The molecule has 0 spiro atoms. The molecule has 0 aliphatic heterocycles. The molecule has 1 heterocycles. The number of aromatic nitrogens is 1. The minimum atomic E-state index is 0.271. The van der Waals surface area contributed by atoms with Gasteiger partial charge < -0.3 is 10.1 Å². The van der Waals surface area contributed by atoms with Crippen LogP contribution < -0.4 is 10.1 Å². The zero-order chi connectivity index (χ0) is 14.4. The van der Waals surface area contributed by atoms with Crippen molar-refractivity contribution in [2.24, 2.45) is 0 Å². The zero-order valence-corrected chi connectivity index (χ0v) is 12.9. The molecule has 20 heavy (non-hydrogen) atoms. The summed E-state index contributed by atoms with van der Waals surface area (Å²) >= 11 is 1.78. The molecule has 0 fully saturated rings. The molecule has 0 saturated carbocycles. The van der Waals surface area contributed by atoms with Crippen LogP contribution in [0.25, 0.3) is 0 Å². The van der Waals surface area contributed by atoms with Gasteiger partial charge in [-0.1, -0.05) is 25.1 Å². The molecule has 1 N–H and O–H groups in total. The molecule has 1 aromatic heterocycles. The van der Waals surface area contributed by atoms with E-state index in [0.717, 1.165) is 10.8 Å². The third-order valence-corrected chi connectivity index (χ3v) is 4.33. The SMILES string of the molecule is CNC(c1ccc(OC)cc1)C(C)Sc1ccccn1. The average molecular weight is 288 g/mol. The standard InChI is InChI=1S/C16H20N2OS/c1-12(20-15-6-4-5-11-18-15)16(17-2)13-7-9-14(19-3)10-8-13/h4-12,16-17H,1-3H3. The molecule has 106 valence electrons. The smallest absolute Gasteiger partial charge is 0.118 e. The van der Waals surface area contributed by atoms with Gasteiger partial charge in [-0.2, -0.15) is 0 Å². The predicted molar refractivity (Wildman–Crippen MR) is 84.4 cm³/mol. The molecule has 0 bridgehead atoms. The summed E-state index contributed by atoms with van der Waals surface area (Å²) in [6.07, 6.45) is 1.83. The Kier molecular flexibility index (Phi) is 5.44. The lowest BCUT2D eigenvalue weighted by Gasteiger charge is -2.23. The summed E-state index contributed by atoms with van der Waals surface area (Å²) in [5.41, 5.74) is 1.25. The maximum Gasteiger partial charge on any atom is 0.118 e. The average Bonchev–Trinajstić information content (AvgIpc) is 2.49. The normalized spacial score (nSPS) is 13.8. The van der Waals surface area contributed by atoms with Gasteiger partial charge in [-0.3, -0.25) is 0 Å². The molecule has 0 saturated heterocycles. The minimum Gasteiger partial charge on any atom is -0.497 e. The van der Waals surface area contributed by atoms with Gasteiger partial charge >= 0.3 is 0 Å². The Labute approximate surface area is 124 Å². The maximum absolute atomic E-state index is 5.20. The van der Waals surface area contributed by atoms with Crippen molar-refractivity contribution in [3.63, 3.8) is 0 Å². The number of pyridine rings is 1. The number of hydrogen-bond donors (Lipinski definition) is 1. The number of hydrogen-bond acceptors (Lipinski definition) is 4. The summed E-state index contributed by atoms with van der Waals surface area (Å²) in [4.78, 5) is 4.37. The van der Waals surface area contributed by atoms with Gasteiger partial charge in [0.1, 0.15) is 5.75 Å². The van der Waals surface area contributed by atoms with Crippen LogP contribution in [0.3, 0.4) is 0 Å². The van der Waals surface area contributed by atoms with Crippen molar-refractivity contribution >= 4 is 11.8 Å². The van der Waals surface area contributed by atoms with Crippen LogP contribution in [0.2, 0.25) is 0 Å². The molecule has 0 amide bonds. The highest BCUT2D eigenvalue weighted by Crippen LogP contribution is 2.31. The van der Waals surface area contributed by atoms with Crippen molar-refractivity contribution in [3.05, 3.63) is 54.2 Å². The van der Waals surface area contributed by atoms with E-state index in [1.165, 1.54) is 5.56 Å².